The zero-order chi connectivity index (χ0) is 14.4. The minimum atomic E-state index is -0.378. The largest absolute Gasteiger partial charge is 0.516 e. The highest BCUT2D eigenvalue weighted by Gasteiger charge is 2.53. The highest BCUT2D eigenvalue weighted by molar-refractivity contribution is 6.62. The summed E-state index contributed by atoms with van der Waals surface area (Å²) < 4.78 is 12.3. The Morgan fingerprint density at radius 2 is 1.70 bits per heavy atom. The molecule has 1 aromatic heterocycles. The van der Waals surface area contributed by atoms with Crippen molar-refractivity contribution in [2.24, 2.45) is 0 Å². The van der Waals surface area contributed by atoms with Gasteiger partial charge in [-0.3, -0.25) is 4.98 Å². The first-order valence-corrected chi connectivity index (χ1v) is 7.46. The molecule has 0 spiro atoms. The number of hydrogen-bond donors (Lipinski definition) is 0. The van der Waals surface area contributed by atoms with Crippen LogP contribution >= 0.6 is 0 Å². The van der Waals surface area contributed by atoms with Crippen molar-refractivity contribution in [3.63, 3.8) is 0 Å². The number of pyridine rings is 1. The lowest BCUT2D eigenvalue weighted by atomic mass is 9.82. The molecular formula is C15H23BN2O2. The number of anilines is 1. The van der Waals surface area contributed by atoms with E-state index in [4.69, 9.17) is 9.31 Å². The average Bonchev–Trinajstić information content (AvgIpc) is 2.97. The molecular weight excluding hydrogens is 251 g/mol. The molecule has 1 aromatic rings. The van der Waals surface area contributed by atoms with Crippen molar-refractivity contribution in [1.29, 1.82) is 0 Å². The normalized spacial score (nSPS) is 24.4. The predicted molar refractivity (Wildman–Crippen MR) is 81.4 cm³/mol. The van der Waals surface area contributed by atoms with Gasteiger partial charge in [0.1, 0.15) is 0 Å². The van der Waals surface area contributed by atoms with Crippen LogP contribution in [0, 0.1) is 0 Å². The predicted octanol–water partition coefficient (Wildman–Crippen LogP) is 1.98. The minimum absolute atomic E-state index is 0.322. The van der Waals surface area contributed by atoms with Crippen molar-refractivity contribution in [2.45, 2.75) is 51.7 Å². The second kappa shape index (κ2) is 4.74. The quantitative estimate of drug-likeness (QED) is 0.772. The lowest BCUT2D eigenvalue weighted by Gasteiger charge is -2.32. The Hall–Kier alpha value is -1.07. The van der Waals surface area contributed by atoms with Crippen LogP contribution in [0.3, 0.4) is 0 Å². The molecule has 2 saturated heterocycles. The molecule has 2 aliphatic heterocycles. The van der Waals surface area contributed by atoms with Gasteiger partial charge in [-0.1, -0.05) is 0 Å². The monoisotopic (exact) mass is 274 g/mol. The van der Waals surface area contributed by atoms with E-state index in [0.717, 1.165) is 24.4 Å². The van der Waals surface area contributed by atoms with E-state index in [9.17, 15) is 0 Å². The van der Waals surface area contributed by atoms with Crippen LogP contribution in [0.25, 0.3) is 0 Å². The number of nitrogens with zero attached hydrogens (tertiary/aromatic N) is 2. The van der Waals surface area contributed by atoms with Crippen LogP contribution < -0.4 is 10.5 Å². The SMILES string of the molecule is CC1(C)OB(c2ncccc2N2CCCC2)OC1(C)C. The second-order valence-electron chi connectivity index (χ2n) is 6.69. The van der Waals surface area contributed by atoms with Crippen molar-refractivity contribution in [1.82, 2.24) is 4.98 Å². The van der Waals surface area contributed by atoms with Gasteiger partial charge in [0.05, 0.1) is 22.5 Å². The summed E-state index contributed by atoms with van der Waals surface area (Å²) >= 11 is 0. The topological polar surface area (TPSA) is 34.6 Å². The zero-order valence-electron chi connectivity index (χ0n) is 12.8. The van der Waals surface area contributed by atoms with Crippen LogP contribution in [-0.2, 0) is 9.31 Å². The second-order valence-corrected chi connectivity index (χ2v) is 6.69. The molecule has 0 bridgehead atoms. The molecule has 0 saturated carbocycles. The molecule has 0 aliphatic carbocycles. The van der Waals surface area contributed by atoms with Crippen LogP contribution in [0.4, 0.5) is 5.69 Å². The molecule has 5 heteroatoms. The highest BCUT2D eigenvalue weighted by Crippen LogP contribution is 2.37. The van der Waals surface area contributed by atoms with Gasteiger partial charge >= 0.3 is 7.12 Å². The number of hydrogen-bond acceptors (Lipinski definition) is 4. The van der Waals surface area contributed by atoms with Gasteiger partial charge in [-0.15, -0.1) is 0 Å². The van der Waals surface area contributed by atoms with Crippen LogP contribution in [0.1, 0.15) is 40.5 Å². The maximum atomic E-state index is 6.14. The Bertz CT molecular complexity index is 482. The van der Waals surface area contributed by atoms with Crippen LogP contribution in [0.2, 0.25) is 0 Å². The van der Waals surface area contributed by atoms with Gasteiger partial charge in [-0.25, -0.2) is 0 Å². The Labute approximate surface area is 121 Å². The molecule has 0 N–H and O–H groups in total. The van der Waals surface area contributed by atoms with E-state index in [2.05, 4.69) is 43.6 Å². The minimum Gasteiger partial charge on any atom is -0.398 e. The summed E-state index contributed by atoms with van der Waals surface area (Å²) in [4.78, 5) is 6.93. The molecule has 0 radical (unpaired) electrons. The Balaban J connectivity index is 1.92. The van der Waals surface area contributed by atoms with Crippen LogP contribution in [0.15, 0.2) is 18.3 Å². The summed E-state index contributed by atoms with van der Waals surface area (Å²) in [7, 11) is -0.378. The average molecular weight is 274 g/mol. The third-order valence-electron chi connectivity index (χ3n) is 4.74. The van der Waals surface area contributed by atoms with Gasteiger partial charge in [-0.05, 0) is 52.7 Å². The molecule has 3 heterocycles. The van der Waals surface area contributed by atoms with E-state index in [0.29, 0.717) is 0 Å². The first-order valence-electron chi connectivity index (χ1n) is 7.46. The summed E-state index contributed by atoms with van der Waals surface area (Å²) in [6.45, 7) is 10.5. The fourth-order valence-corrected chi connectivity index (χ4v) is 2.77. The maximum Gasteiger partial charge on any atom is 0.516 e. The third-order valence-corrected chi connectivity index (χ3v) is 4.74. The molecule has 2 aliphatic rings. The summed E-state index contributed by atoms with van der Waals surface area (Å²) in [5.74, 6) is 0. The molecule has 0 unspecified atom stereocenters. The molecule has 3 rings (SSSR count). The lowest BCUT2D eigenvalue weighted by molar-refractivity contribution is 0.00578. The maximum absolute atomic E-state index is 6.14. The van der Waals surface area contributed by atoms with Crippen molar-refractivity contribution in [2.75, 3.05) is 18.0 Å². The zero-order valence-corrected chi connectivity index (χ0v) is 12.8. The fraction of sp³-hybridized carbons (Fsp3) is 0.667. The van der Waals surface area contributed by atoms with E-state index in [1.165, 1.54) is 12.8 Å². The first-order chi connectivity index (χ1) is 9.41. The smallest absolute Gasteiger partial charge is 0.398 e. The van der Waals surface area contributed by atoms with Crippen LogP contribution in [0.5, 0.6) is 0 Å². The number of rotatable bonds is 2. The van der Waals surface area contributed by atoms with E-state index in [-0.39, 0.29) is 18.3 Å². The molecule has 0 atom stereocenters. The Kier molecular flexibility index (Phi) is 3.29. The summed E-state index contributed by atoms with van der Waals surface area (Å²) in [5, 5.41) is 0. The molecule has 108 valence electrons. The summed E-state index contributed by atoms with van der Waals surface area (Å²) in [6, 6.07) is 4.11. The number of aromatic nitrogens is 1. The summed E-state index contributed by atoms with van der Waals surface area (Å²) in [6.07, 6.45) is 4.31. The molecule has 4 nitrogen and oxygen atoms in total. The fourth-order valence-electron chi connectivity index (χ4n) is 2.77. The van der Waals surface area contributed by atoms with Crippen LogP contribution in [-0.4, -0.2) is 36.4 Å². The van der Waals surface area contributed by atoms with Gasteiger partial charge in [0, 0.05) is 19.3 Å². The standard InChI is InChI=1S/C15H23BN2O2/c1-14(2)15(3,4)20-16(19-14)13-12(8-7-9-17-13)18-10-5-6-11-18/h7-9H,5-6,10-11H2,1-4H3. The van der Waals surface area contributed by atoms with E-state index in [1.807, 2.05) is 12.3 Å². The van der Waals surface area contributed by atoms with Gasteiger partial charge in [-0.2, -0.15) is 0 Å². The van der Waals surface area contributed by atoms with Crippen molar-refractivity contribution in [3.8, 4) is 0 Å². The molecule has 2 fully saturated rings. The van der Waals surface area contributed by atoms with Gasteiger partial charge in [0.25, 0.3) is 0 Å². The van der Waals surface area contributed by atoms with Crippen molar-refractivity contribution < 1.29 is 9.31 Å². The Morgan fingerprint density at radius 1 is 1.10 bits per heavy atom. The van der Waals surface area contributed by atoms with Gasteiger partial charge < -0.3 is 14.2 Å². The van der Waals surface area contributed by atoms with Crippen molar-refractivity contribution in [3.05, 3.63) is 18.3 Å². The van der Waals surface area contributed by atoms with Crippen molar-refractivity contribution >= 4 is 18.4 Å². The first kappa shape index (κ1) is 13.9. The molecule has 20 heavy (non-hydrogen) atoms. The molecule has 0 amide bonds. The lowest BCUT2D eigenvalue weighted by Crippen LogP contribution is -2.41. The van der Waals surface area contributed by atoms with E-state index >= 15 is 0 Å². The Morgan fingerprint density at radius 3 is 2.30 bits per heavy atom. The van der Waals surface area contributed by atoms with E-state index < -0.39 is 0 Å². The molecule has 0 aromatic carbocycles. The summed E-state index contributed by atoms with van der Waals surface area (Å²) in [5.41, 5.74) is 1.42. The van der Waals surface area contributed by atoms with E-state index in [1.54, 1.807) is 0 Å². The van der Waals surface area contributed by atoms with Gasteiger partial charge in [0.15, 0.2) is 0 Å². The highest BCUT2D eigenvalue weighted by atomic mass is 16.7. The van der Waals surface area contributed by atoms with Gasteiger partial charge in [0.2, 0.25) is 0 Å². The third kappa shape index (κ3) is 2.23.